The maximum absolute atomic E-state index is 12.2. The predicted octanol–water partition coefficient (Wildman–Crippen LogP) is 3.52. The third-order valence-corrected chi connectivity index (χ3v) is 4.37. The van der Waals surface area contributed by atoms with Crippen LogP contribution >= 0.6 is 11.6 Å². The zero-order valence-corrected chi connectivity index (χ0v) is 17.3. The largest absolute Gasteiger partial charge is 0.482 e. The summed E-state index contributed by atoms with van der Waals surface area (Å²) in [6.07, 6.45) is 1.61. The van der Waals surface area contributed by atoms with Gasteiger partial charge in [-0.05, 0) is 49.1 Å². The van der Waals surface area contributed by atoms with Crippen molar-refractivity contribution in [3.63, 3.8) is 0 Å². The molecule has 0 saturated heterocycles. The summed E-state index contributed by atoms with van der Waals surface area (Å²) < 4.78 is 10.4. The van der Waals surface area contributed by atoms with E-state index in [2.05, 4.69) is 5.32 Å². The van der Waals surface area contributed by atoms with Gasteiger partial charge >= 0.3 is 5.97 Å². The Bertz CT molecular complexity index is 864. The zero-order valence-electron chi connectivity index (χ0n) is 16.5. The molecule has 6 nitrogen and oxygen atoms in total. The van der Waals surface area contributed by atoms with Crippen LogP contribution in [0.25, 0.3) is 0 Å². The Hall–Kier alpha value is -2.86. The summed E-state index contributed by atoms with van der Waals surface area (Å²) in [6.45, 7) is 3.29. The van der Waals surface area contributed by atoms with Gasteiger partial charge in [0.25, 0.3) is 0 Å². The minimum absolute atomic E-state index is 0.0470. The van der Waals surface area contributed by atoms with Gasteiger partial charge in [0.15, 0.2) is 19.0 Å². The Morgan fingerprint density at radius 2 is 1.76 bits per heavy atom. The fourth-order valence-electron chi connectivity index (χ4n) is 2.60. The van der Waals surface area contributed by atoms with E-state index in [1.54, 1.807) is 30.3 Å². The van der Waals surface area contributed by atoms with Crippen LogP contribution in [0.15, 0.2) is 42.5 Å². The molecular weight excluding hydrogens is 394 g/mol. The second kappa shape index (κ2) is 11.2. The minimum Gasteiger partial charge on any atom is -0.482 e. The van der Waals surface area contributed by atoms with Crippen molar-refractivity contribution >= 4 is 29.3 Å². The number of carbonyl (C=O) groups is 3. The van der Waals surface area contributed by atoms with Crippen LogP contribution < -0.4 is 10.1 Å². The lowest BCUT2D eigenvalue weighted by Gasteiger charge is -2.09. The standard InChI is InChI=1S/C22H24ClNO5/c1-15-12-19(23)9-10-21(15)28-14-22(27)29-13-20(26)18-7-5-17(6-8-18)4-3-11-24-16(2)25/h5-10,12H,3-4,11,13-14H2,1-2H3,(H,24,25). The molecule has 1 N–H and O–H groups in total. The number of esters is 1. The molecule has 0 aliphatic heterocycles. The van der Waals surface area contributed by atoms with E-state index in [1.807, 2.05) is 19.1 Å². The van der Waals surface area contributed by atoms with Crippen molar-refractivity contribution in [2.24, 2.45) is 0 Å². The minimum atomic E-state index is -0.623. The molecule has 0 saturated carbocycles. The highest BCUT2D eigenvalue weighted by Gasteiger charge is 2.11. The lowest BCUT2D eigenvalue weighted by Crippen LogP contribution is -2.21. The summed E-state index contributed by atoms with van der Waals surface area (Å²) in [5, 5.41) is 3.33. The van der Waals surface area contributed by atoms with Crippen LogP contribution in [0.1, 0.15) is 34.8 Å². The van der Waals surface area contributed by atoms with Gasteiger partial charge in [0.2, 0.25) is 5.91 Å². The highest BCUT2D eigenvalue weighted by molar-refractivity contribution is 6.30. The van der Waals surface area contributed by atoms with Crippen LogP contribution in [0, 0.1) is 6.92 Å². The first-order valence-corrected chi connectivity index (χ1v) is 9.64. The van der Waals surface area contributed by atoms with Crippen molar-refractivity contribution in [3.05, 3.63) is 64.2 Å². The molecule has 0 aliphatic carbocycles. The summed E-state index contributed by atoms with van der Waals surface area (Å²) in [7, 11) is 0. The summed E-state index contributed by atoms with van der Waals surface area (Å²) in [5.74, 6) is -0.422. The van der Waals surface area contributed by atoms with Gasteiger partial charge in [0.05, 0.1) is 0 Å². The fourth-order valence-corrected chi connectivity index (χ4v) is 2.82. The Morgan fingerprint density at radius 1 is 1.03 bits per heavy atom. The molecule has 29 heavy (non-hydrogen) atoms. The normalized spacial score (nSPS) is 10.3. The number of Topliss-reactive ketones (excluding diaryl/α,β-unsaturated/α-hetero) is 1. The Labute approximate surface area is 175 Å². The highest BCUT2D eigenvalue weighted by Crippen LogP contribution is 2.21. The van der Waals surface area contributed by atoms with Crippen LogP contribution in [0.5, 0.6) is 5.75 Å². The van der Waals surface area contributed by atoms with Crippen molar-refractivity contribution < 1.29 is 23.9 Å². The molecule has 154 valence electrons. The number of benzene rings is 2. The van der Waals surface area contributed by atoms with Crippen molar-refractivity contribution in [2.75, 3.05) is 19.8 Å². The lowest BCUT2D eigenvalue weighted by molar-refractivity contribution is -0.144. The van der Waals surface area contributed by atoms with E-state index in [9.17, 15) is 14.4 Å². The molecule has 0 aromatic heterocycles. The van der Waals surface area contributed by atoms with E-state index in [1.165, 1.54) is 6.92 Å². The first kappa shape index (κ1) is 22.4. The van der Waals surface area contributed by atoms with Crippen molar-refractivity contribution in [1.29, 1.82) is 0 Å². The number of hydrogen-bond donors (Lipinski definition) is 1. The van der Waals surface area contributed by atoms with E-state index in [0.717, 1.165) is 24.0 Å². The van der Waals surface area contributed by atoms with Gasteiger partial charge in [-0.1, -0.05) is 35.9 Å². The first-order valence-electron chi connectivity index (χ1n) is 9.26. The number of halogens is 1. The smallest absolute Gasteiger partial charge is 0.344 e. The second-order valence-corrected chi connectivity index (χ2v) is 7.00. The number of amides is 1. The molecular formula is C22H24ClNO5. The van der Waals surface area contributed by atoms with Gasteiger partial charge in [-0.3, -0.25) is 9.59 Å². The number of ether oxygens (including phenoxy) is 2. The quantitative estimate of drug-likeness (QED) is 0.363. The van der Waals surface area contributed by atoms with Crippen LogP contribution in [0.4, 0.5) is 0 Å². The van der Waals surface area contributed by atoms with Gasteiger partial charge in [0.1, 0.15) is 5.75 Å². The van der Waals surface area contributed by atoms with E-state index in [-0.39, 0.29) is 24.9 Å². The van der Waals surface area contributed by atoms with Gasteiger partial charge < -0.3 is 14.8 Å². The van der Waals surface area contributed by atoms with Crippen molar-refractivity contribution in [3.8, 4) is 5.75 Å². The lowest BCUT2D eigenvalue weighted by atomic mass is 10.1. The monoisotopic (exact) mass is 417 g/mol. The van der Waals surface area contributed by atoms with E-state index in [0.29, 0.717) is 22.9 Å². The number of hydrogen-bond acceptors (Lipinski definition) is 5. The molecule has 0 fully saturated rings. The average Bonchev–Trinajstić information content (AvgIpc) is 2.69. The maximum Gasteiger partial charge on any atom is 0.344 e. The molecule has 7 heteroatoms. The maximum atomic E-state index is 12.2. The topological polar surface area (TPSA) is 81.7 Å². The van der Waals surface area contributed by atoms with E-state index in [4.69, 9.17) is 21.1 Å². The molecule has 1 amide bonds. The predicted molar refractivity (Wildman–Crippen MR) is 110 cm³/mol. The van der Waals surface area contributed by atoms with Crippen LogP contribution in [-0.4, -0.2) is 37.4 Å². The van der Waals surface area contributed by atoms with Crippen molar-refractivity contribution in [2.45, 2.75) is 26.7 Å². The van der Waals surface area contributed by atoms with Gasteiger partial charge in [-0.15, -0.1) is 0 Å². The molecule has 0 heterocycles. The number of nitrogens with one attached hydrogen (secondary N) is 1. The Balaban J connectivity index is 1.73. The van der Waals surface area contributed by atoms with Gasteiger partial charge in [-0.25, -0.2) is 4.79 Å². The molecule has 0 radical (unpaired) electrons. The van der Waals surface area contributed by atoms with E-state index >= 15 is 0 Å². The SMILES string of the molecule is CC(=O)NCCCc1ccc(C(=O)COC(=O)COc2ccc(Cl)cc2C)cc1. The first-order chi connectivity index (χ1) is 13.8. The highest BCUT2D eigenvalue weighted by atomic mass is 35.5. The van der Waals surface area contributed by atoms with Crippen LogP contribution in [-0.2, 0) is 20.7 Å². The summed E-state index contributed by atoms with van der Waals surface area (Å²) in [6, 6.07) is 12.2. The van der Waals surface area contributed by atoms with Crippen LogP contribution in [0.3, 0.4) is 0 Å². The van der Waals surface area contributed by atoms with Gasteiger partial charge in [0, 0.05) is 24.1 Å². The third kappa shape index (κ3) is 7.95. The molecule has 0 unspecified atom stereocenters. The Morgan fingerprint density at radius 3 is 2.41 bits per heavy atom. The zero-order chi connectivity index (χ0) is 21.2. The molecule has 0 atom stereocenters. The molecule has 0 spiro atoms. The number of ketones is 1. The van der Waals surface area contributed by atoms with Crippen molar-refractivity contribution in [1.82, 2.24) is 5.32 Å². The molecule has 0 bridgehead atoms. The molecule has 2 aromatic carbocycles. The van der Waals surface area contributed by atoms with Crippen LogP contribution in [0.2, 0.25) is 5.02 Å². The Kier molecular flexibility index (Phi) is 8.68. The molecule has 2 aromatic rings. The van der Waals surface area contributed by atoms with Gasteiger partial charge in [-0.2, -0.15) is 0 Å². The number of carbonyl (C=O) groups excluding carboxylic acids is 3. The second-order valence-electron chi connectivity index (χ2n) is 6.57. The third-order valence-electron chi connectivity index (χ3n) is 4.14. The van der Waals surface area contributed by atoms with E-state index < -0.39 is 5.97 Å². The molecule has 0 aliphatic rings. The fraction of sp³-hybridized carbons (Fsp3) is 0.318. The summed E-state index contributed by atoms with van der Waals surface area (Å²) in [4.78, 5) is 34.8. The summed E-state index contributed by atoms with van der Waals surface area (Å²) in [5.41, 5.74) is 2.34. The molecule has 2 rings (SSSR count). The number of aryl methyl sites for hydroxylation is 2. The average molecular weight is 418 g/mol. The number of rotatable bonds is 10. The summed E-state index contributed by atoms with van der Waals surface area (Å²) >= 11 is 5.88.